The van der Waals surface area contributed by atoms with Crippen molar-refractivity contribution in [2.75, 3.05) is 19.0 Å². The fourth-order valence-electron chi connectivity index (χ4n) is 3.56. The number of nitrogens with one attached hydrogen (secondary N) is 1. The third-order valence-electron chi connectivity index (χ3n) is 5.23. The molecule has 4 rings (SSSR count). The molecule has 150 valence electrons. The van der Waals surface area contributed by atoms with Gasteiger partial charge in [-0.15, -0.1) is 0 Å². The molecule has 1 aromatic heterocycles. The van der Waals surface area contributed by atoms with Crippen LogP contribution in [0.3, 0.4) is 0 Å². The molecule has 1 fully saturated rings. The van der Waals surface area contributed by atoms with Crippen molar-refractivity contribution < 1.29 is 14.1 Å². The molecule has 0 bridgehead atoms. The number of urea groups is 1. The van der Waals surface area contributed by atoms with Gasteiger partial charge in [0, 0.05) is 17.8 Å². The number of para-hydroxylation sites is 1. The van der Waals surface area contributed by atoms with Crippen LogP contribution < -0.4 is 10.1 Å². The zero-order chi connectivity index (χ0) is 20.2. The van der Waals surface area contributed by atoms with Gasteiger partial charge < -0.3 is 19.5 Å². The summed E-state index contributed by atoms with van der Waals surface area (Å²) in [5, 5.41) is 7.14. The summed E-state index contributed by atoms with van der Waals surface area (Å²) in [7, 11) is 1.63. The molecule has 0 spiro atoms. The number of benzene rings is 2. The van der Waals surface area contributed by atoms with Gasteiger partial charge in [-0.25, -0.2) is 4.79 Å². The second-order valence-electron chi connectivity index (χ2n) is 7.13. The molecule has 1 saturated heterocycles. The van der Waals surface area contributed by atoms with Gasteiger partial charge in [0.15, 0.2) is 0 Å². The van der Waals surface area contributed by atoms with Gasteiger partial charge in [-0.1, -0.05) is 23.4 Å². The smallest absolute Gasteiger partial charge is 0.322 e. The van der Waals surface area contributed by atoms with Crippen molar-refractivity contribution >= 4 is 11.7 Å². The van der Waals surface area contributed by atoms with Gasteiger partial charge in [-0.2, -0.15) is 4.98 Å². The van der Waals surface area contributed by atoms with E-state index in [0.29, 0.717) is 18.3 Å². The lowest BCUT2D eigenvalue weighted by Crippen LogP contribution is -2.41. The van der Waals surface area contributed by atoms with E-state index in [0.717, 1.165) is 41.8 Å². The molecule has 7 nitrogen and oxygen atoms in total. The third kappa shape index (κ3) is 4.08. The quantitative estimate of drug-likeness (QED) is 0.689. The van der Waals surface area contributed by atoms with Gasteiger partial charge in [0.25, 0.3) is 0 Å². The van der Waals surface area contributed by atoms with Gasteiger partial charge in [-0.05, 0) is 62.1 Å². The largest absolute Gasteiger partial charge is 0.497 e. The average Bonchev–Trinajstić information content (AvgIpc) is 3.25. The molecule has 1 aliphatic heterocycles. The molecule has 1 aliphatic rings. The van der Waals surface area contributed by atoms with Gasteiger partial charge in [-0.3, -0.25) is 0 Å². The summed E-state index contributed by atoms with van der Waals surface area (Å²) in [6.07, 6.45) is 2.77. The number of aryl methyl sites for hydroxylation is 1. The number of piperidine rings is 1. The van der Waals surface area contributed by atoms with E-state index in [1.54, 1.807) is 12.0 Å². The van der Waals surface area contributed by atoms with Crippen molar-refractivity contribution in [3.05, 3.63) is 60.0 Å². The first-order chi connectivity index (χ1) is 14.2. The van der Waals surface area contributed by atoms with E-state index in [9.17, 15) is 4.79 Å². The van der Waals surface area contributed by atoms with Gasteiger partial charge in [0.05, 0.1) is 7.11 Å². The van der Waals surface area contributed by atoms with Crippen molar-refractivity contribution in [3.8, 4) is 17.1 Å². The van der Waals surface area contributed by atoms with Crippen molar-refractivity contribution in [2.24, 2.45) is 0 Å². The van der Waals surface area contributed by atoms with Crippen LogP contribution in [0.15, 0.2) is 53.1 Å². The Morgan fingerprint density at radius 3 is 2.72 bits per heavy atom. The fraction of sp³-hybridized carbons (Fsp3) is 0.318. The van der Waals surface area contributed by atoms with E-state index in [4.69, 9.17) is 9.26 Å². The van der Waals surface area contributed by atoms with Crippen LogP contribution >= 0.6 is 0 Å². The number of carbonyl (C=O) groups is 1. The van der Waals surface area contributed by atoms with Crippen LogP contribution in [0, 0.1) is 6.92 Å². The Labute approximate surface area is 169 Å². The number of nitrogens with zero attached hydrogens (tertiary/aromatic N) is 3. The number of rotatable bonds is 4. The van der Waals surface area contributed by atoms with Gasteiger partial charge >= 0.3 is 6.03 Å². The predicted octanol–water partition coefficient (Wildman–Crippen LogP) is 4.81. The summed E-state index contributed by atoms with van der Waals surface area (Å²) in [6.45, 7) is 2.63. The van der Waals surface area contributed by atoms with Crippen LogP contribution in [-0.4, -0.2) is 34.7 Å². The Kier molecular flexibility index (Phi) is 5.46. The predicted molar refractivity (Wildman–Crippen MR) is 110 cm³/mol. The van der Waals surface area contributed by atoms with Crippen LogP contribution in [0.4, 0.5) is 10.5 Å². The highest BCUT2D eigenvalue weighted by Gasteiger charge is 2.32. The van der Waals surface area contributed by atoms with E-state index < -0.39 is 0 Å². The summed E-state index contributed by atoms with van der Waals surface area (Å²) in [6, 6.07) is 14.8. The first-order valence-electron chi connectivity index (χ1n) is 9.77. The standard InChI is InChI=1S/C22H24N4O3/c1-15-7-3-4-8-18(15)23-22(27)26-14-6-5-9-19(26)21-24-20(25-29-21)16-10-12-17(28-2)13-11-16/h3-4,7-8,10-13,19H,5-6,9,14H2,1-2H3,(H,23,27)/t19-/m0/s1. The van der Waals surface area contributed by atoms with Crippen molar-refractivity contribution in [2.45, 2.75) is 32.2 Å². The van der Waals surface area contributed by atoms with Gasteiger partial charge in [0.2, 0.25) is 11.7 Å². The second kappa shape index (κ2) is 8.34. The fourth-order valence-corrected chi connectivity index (χ4v) is 3.56. The molecule has 0 saturated carbocycles. The summed E-state index contributed by atoms with van der Waals surface area (Å²) < 4.78 is 10.7. The Morgan fingerprint density at radius 1 is 1.17 bits per heavy atom. The third-order valence-corrected chi connectivity index (χ3v) is 5.23. The molecule has 0 radical (unpaired) electrons. The number of methoxy groups -OCH3 is 1. The normalized spacial score (nSPS) is 16.5. The summed E-state index contributed by atoms with van der Waals surface area (Å²) in [5.74, 6) is 1.74. The van der Waals surface area contributed by atoms with E-state index in [1.807, 2.05) is 55.5 Å². The number of ether oxygens (including phenoxy) is 1. The molecule has 29 heavy (non-hydrogen) atoms. The number of amides is 2. The molecule has 1 N–H and O–H groups in total. The first kappa shape index (κ1) is 19.0. The number of hydrogen-bond acceptors (Lipinski definition) is 5. The molecule has 7 heteroatoms. The van der Waals surface area contributed by atoms with E-state index in [1.165, 1.54) is 0 Å². The number of hydrogen-bond donors (Lipinski definition) is 1. The molecule has 0 unspecified atom stereocenters. The van der Waals surface area contributed by atoms with Crippen molar-refractivity contribution in [3.63, 3.8) is 0 Å². The Hall–Kier alpha value is -3.35. The lowest BCUT2D eigenvalue weighted by atomic mass is 10.0. The molecular formula is C22H24N4O3. The van der Waals surface area contributed by atoms with Gasteiger partial charge in [0.1, 0.15) is 11.8 Å². The van der Waals surface area contributed by atoms with E-state index in [-0.39, 0.29) is 12.1 Å². The molecule has 2 aromatic carbocycles. The maximum absolute atomic E-state index is 13.0. The maximum atomic E-state index is 13.0. The minimum atomic E-state index is -0.229. The molecule has 2 heterocycles. The Bertz CT molecular complexity index is 984. The molecule has 3 aromatic rings. The Balaban J connectivity index is 1.53. The highest BCUT2D eigenvalue weighted by atomic mass is 16.5. The maximum Gasteiger partial charge on any atom is 0.322 e. The highest BCUT2D eigenvalue weighted by molar-refractivity contribution is 5.90. The van der Waals surface area contributed by atoms with E-state index >= 15 is 0 Å². The van der Waals surface area contributed by atoms with Crippen molar-refractivity contribution in [1.82, 2.24) is 15.0 Å². The molecule has 1 atom stereocenters. The lowest BCUT2D eigenvalue weighted by molar-refractivity contribution is 0.142. The highest BCUT2D eigenvalue weighted by Crippen LogP contribution is 2.32. The summed E-state index contributed by atoms with van der Waals surface area (Å²) in [5.41, 5.74) is 2.67. The zero-order valence-corrected chi connectivity index (χ0v) is 16.6. The minimum Gasteiger partial charge on any atom is -0.497 e. The molecular weight excluding hydrogens is 368 g/mol. The lowest BCUT2D eigenvalue weighted by Gasteiger charge is -2.33. The molecule has 2 amide bonds. The summed E-state index contributed by atoms with van der Waals surface area (Å²) >= 11 is 0. The van der Waals surface area contributed by atoms with Crippen LogP contribution in [0.1, 0.15) is 36.8 Å². The van der Waals surface area contributed by atoms with Crippen LogP contribution in [0.25, 0.3) is 11.4 Å². The zero-order valence-electron chi connectivity index (χ0n) is 16.6. The number of carbonyl (C=O) groups excluding carboxylic acids is 1. The SMILES string of the molecule is COc1ccc(-c2noc([C@@H]3CCCCN3C(=O)Nc3ccccc3C)n2)cc1. The number of aromatic nitrogens is 2. The second-order valence-corrected chi connectivity index (χ2v) is 7.13. The van der Waals surface area contributed by atoms with E-state index in [2.05, 4.69) is 15.5 Å². The van der Waals surface area contributed by atoms with Crippen LogP contribution in [-0.2, 0) is 0 Å². The monoisotopic (exact) mass is 392 g/mol. The topological polar surface area (TPSA) is 80.5 Å². The molecule has 0 aliphatic carbocycles. The van der Waals surface area contributed by atoms with Crippen LogP contribution in [0.2, 0.25) is 0 Å². The first-order valence-corrected chi connectivity index (χ1v) is 9.77. The minimum absolute atomic E-state index is 0.145. The number of anilines is 1. The van der Waals surface area contributed by atoms with Crippen molar-refractivity contribution in [1.29, 1.82) is 0 Å². The van der Waals surface area contributed by atoms with Crippen LogP contribution in [0.5, 0.6) is 5.75 Å². The average molecular weight is 392 g/mol. The Morgan fingerprint density at radius 2 is 1.97 bits per heavy atom. The summed E-state index contributed by atoms with van der Waals surface area (Å²) in [4.78, 5) is 19.3. The number of likely N-dealkylation sites (tertiary alicyclic amines) is 1.